The van der Waals surface area contributed by atoms with Crippen molar-refractivity contribution >= 4 is 28.5 Å². The lowest BCUT2D eigenvalue weighted by Crippen LogP contribution is -2.44. The van der Waals surface area contributed by atoms with E-state index in [0.29, 0.717) is 13.1 Å². The van der Waals surface area contributed by atoms with Crippen molar-refractivity contribution in [3.63, 3.8) is 0 Å². The minimum absolute atomic E-state index is 0.00999. The van der Waals surface area contributed by atoms with Crippen LogP contribution in [0, 0.1) is 0 Å². The molecule has 0 bridgehead atoms. The number of fused-ring (bicyclic) bond motifs is 1. The standard InChI is InChI=1S/C18H19N3O2S/c22-18(19-11-14-6-4-10-24-14)21-9-3-5-13(12-21)17-20-15-7-1-2-8-16(15)23-17/h1-2,4,6-8,10,13H,3,5,9,11-12H2,(H,19,22)/t13-/m0/s1. The van der Waals surface area contributed by atoms with E-state index in [1.807, 2.05) is 46.7 Å². The molecule has 1 aliphatic heterocycles. The van der Waals surface area contributed by atoms with Gasteiger partial charge in [-0.2, -0.15) is 0 Å². The Balaban J connectivity index is 1.42. The number of likely N-dealkylation sites (tertiary alicyclic amines) is 1. The Kier molecular flexibility index (Phi) is 4.21. The first kappa shape index (κ1) is 15.2. The number of carbonyl (C=O) groups is 1. The molecule has 4 rings (SSSR count). The van der Waals surface area contributed by atoms with E-state index in [2.05, 4.69) is 10.3 Å². The van der Waals surface area contributed by atoms with Crippen LogP contribution < -0.4 is 5.32 Å². The number of hydrogen-bond acceptors (Lipinski definition) is 4. The Morgan fingerprint density at radius 2 is 2.25 bits per heavy atom. The molecular formula is C18H19N3O2S. The minimum Gasteiger partial charge on any atom is -0.440 e. The number of urea groups is 1. The van der Waals surface area contributed by atoms with Gasteiger partial charge in [0.2, 0.25) is 0 Å². The summed E-state index contributed by atoms with van der Waals surface area (Å²) in [5, 5.41) is 5.02. The fourth-order valence-corrected chi connectivity index (χ4v) is 3.76. The lowest BCUT2D eigenvalue weighted by atomic mass is 9.98. The fourth-order valence-electron chi connectivity index (χ4n) is 3.12. The van der Waals surface area contributed by atoms with E-state index in [4.69, 9.17) is 4.42 Å². The zero-order valence-electron chi connectivity index (χ0n) is 13.3. The van der Waals surface area contributed by atoms with Crippen LogP contribution in [0.25, 0.3) is 11.1 Å². The fraction of sp³-hybridized carbons (Fsp3) is 0.333. The maximum atomic E-state index is 12.4. The minimum atomic E-state index is -0.00999. The molecule has 2 aromatic heterocycles. The van der Waals surface area contributed by atoms with Crippen LogP contribution in [0.3, 0.4) is 0 Å². The number of para-hydroxylation sites is 2. The smallest absolute Gasteiger partial charge is 0.317 e. The number of benzene rings is 1. The Morgan fingerprint density at radius 1 is 1.33 bits per heavy atom. The third-order valence-corrected chi connectivity index (χ3v) is 5.24. The van der Waals surface area contributed by atoms with E-state index in [1.165, 1.54) is 0 Å². The van der Waals surface area contributed by atoms with Crippen LogP contribution in [-0.2, 0) is 6.54 Å². The molecule has 0 unspecified atom stereocenters. The third-order valence-electron chi connectivity index (χ3n) is 4.36. The summed E-state index contributed by atoms with van der Waals surface area (Å²) in [6, 6.07) is 11.8. The molecule has 5 nitrogen and oxygen atoms in total. The van der Waals surface area contributed by atoms with Crippen molar-refractivity contribution in [1.82, 2.24) is 15.2 Å². The normalized spacial score (nSPS) is 18.0. The molecule has 1 fully saturated rings. The van der Waals surface area contributed by atoms with Crippen molar-refractivity contribution in [3.05, 3.63) is 52.5 Å². The number of aromatic nitrogens is 1. The molecule has 1 atom stereocenters. The number of nitrogens with one attached hydrogen (secondary N) is 1. The topological polar surface area (TPSA) is 58.4 Å². The van der Waals surface area contributed by atoms with Crippen LogP contribution in [0.5, 0.6) is 0 Å². The number of carbonyl (C=O) groups excluding carboxylic acids is 1. The van der Waals surface area contributed by atoms with Gasteiger partial charge >= 0.3 is 6.03 Å². The first-order chi connectivity index (χ1) is 11.8. The van der Waals surface area contributed by atoms with E-state index >= 15 is 0 Å². The molecule has 124 valence electrons. The van der Waals surface area contributed by atoms with Crippen molar-refractivity contribution in [2.45, 2.75) is 25.3 Å². The molecular weight excluding hydrogens is 322 g/mol. The lowest BCUT2D eigenvalue weighted by Gasteiger charge is -2.31. The van der Waals surface area contributed by atoms with Gasteiger partial charge in [-0.05, 0) is 36.4 Å². The lowest BCUT2D eigenvalue weighted by molar-refractivity contribution is 0.174. The highest BCUT2D eigenvalue weighted by atomic mass is 32.1. The van der Waals surface area contributed by atoms with Crippen LogP contribution >= 0.6 is 11.3 Å². The summed E-state index contributed by atoms with van der Waals surface area (Å²) in [5.74, 6) is 0.908. The molecule has 1 aromatic carbocycles. The Hall–Kier alpha value is -2.34. The SMILES string of the molecule is O=C(NCc1cccs1)N1CCC[C@H](c2nc3ccccc3o2)C1. The van der Waals surface area contributed by atoms with E-state index in [1.54, 1.807) is 11.3 Å². The van der Waals surface area contributed by atoms with Crippen LogP contribution in [-0.4, -0.2) is 29.0 Å². The van der Waals surface area contributed by atoms with Gasteiger partial charge in [-0.25, -0.2) is 9.78 Å². The molecule has 0 aliphatic carbocycles. The third kappa shape index (κ3) is 3.14. The Bertz CT molecular complexity index is 795. The summed E-state index contributed by atoms with van der Waals surface area (Å²) in [7, 11) is 0. The zero-order chi connectivity index (χ0) is 16.4. The van der Waals surface area contributed by atoms with Crippen LogP contribution in [0.15, 0.2) is 46.2 Å². The number of rotatable bonds is 3. The summed E-state index contributed by atoms with van der Waals surface area (Å²) < 4.78 is 5.89. The van der Waals surface area contributed by atoms with Gasteiger partial charge in [0, 0.05) is 18.0 Å². The van der Waals surface area contributed by atoms with Crippen LogP contribution in [0.4, 0.5) is 4.79 Å². The molecule has 1 N–H and O–H groups in total. The molecule has 3 heterocycles. The summed E-state index contributed by atoms with van der Waals surface area (Å²) in [6.45, 7) is 2.02. The first-order valence-corrected chi connectivity index (χ1v) is 9.08. The van der Waals surface area contributed by atoms with Gasteiger partial charge in [0.25, 0.3) is 0 Å². The Morgan fingerprint density at radius 3 is 3.08 bits per heavy atom. The highest BCUT2D eigenvalue weighted by molar-refractivity contribution is 7.09. The molecule has 1 saturated heterocycles. The van der Waals surface area contributed by atoms with E-state index in [-0.39, 0.29) is 11.9 Å². The number of oxazole rings is 1. The summed E-state index contributed by atoms with van der Waals surface area (Å²) in [6.07, 6.45) is 1.97. The van der Waals surface area contributed by atoms with Gasteiger partial charge in [-0.15, -0.1) is 11.3 Å². The molecule has 2 amide bonds. The van der Waals surface area contributed by atoms with E-state index in [9.17, 15) is 4.79 Å². The largest absolute Gasteiger partial charge is 0.440 e. The highest BCUT2D eigenvalue weighted by Crippen LogP contribution is 2.29. The van der Waals surface area contributed by atoms with Gasteiger partial charge in [0.1, 0.15) is 5.52 Å². The van der Waals surface area contributed by atoms with Crippen LogP contribution in [0.1, 0.15) is 29.5 Å². The number of nitrogens with zero attached hydrogens (tertiary/aromatic N) is 2. The summed E-state index contributed by atoms with van der Waals surface area (Å²) in [5.41, 5.74) is 1.69. The van der Waals surface area contributed by atoms with Crippen molar-refractivity contribution in [1.29, 1.82) is 0 Å². The molecule has 0 spiro atoms. The monoisotopic (exact) mass is 341 g/mol. The first-order valence-electron chi connectivity index (χ1n) is 8.20. The van der Waals surface area contributed by atoms with Gasteiger partial charge in [-0.1, -0.05) is 18.2 Å². The van der Waals surface area contributed by atoms with E-state index < -0.39 is 0 Å². The second-order valence-corrected chi connectivity index (χ2v) is 7.08. The zero-order valence-corrected chi connectivity index (χ0v) is 14.1. The second-order valence-electron chi connectivity index (χ2n) is 6.04. The summed E-state index contributed by atoms with van der Waals surface area (Å²) >= 11 is 1.65. The predicted molar refractivity (Wildman–Crippen MR) is 94.1 cm³/mol. The van der Waals surface area contributed by atoms with Gasteiger partial charge in [0.05, 0.1) is 12.5 Å². The average molecular weight is 341 g/mol. The average Bonchev–Trinajstić information content (AvgIpc) is 3.29. The number of hydrogen-bond donors (Lipinski definition) is 1. The molecule has 3 aromatic rings. The molecule has 1 aliphatic rings. The van der Waals surface area contributed by atoms with Gasteiger partial charge < -0.3 is 14.6 Å². The Labute approximate surface area is 144 Å². The number of amides is 2. The highest BCUT2D eigenvalue weighted by Gasteiger charge is 2.28. The predicted octanol–water partition coefficient (Wildman–Crippen LogP) is 3.98. The molecule has 6 heteroatoms. The quantitative estimate of drug-likeness (QED) is 0.784. The van der Waals surface area contributed by atoms with Gasteiger partial charge in [-0.3, -0.25) is 0 Å². The molecule has 0 radical (unpaired) electrons. The van der Waals surface area contributed by atoms with Crippen molar-refractivity contribution < 1.29 is 9.21 Å². The van der Waals surface area contributed by atoms with Crippen molar-refractivity contribution in [2.24, 2.45) is 0 Å². The number of piperidine rings is 1. The van der Waals surface area contributed by atoms with Crippen molar-refractivity contribution in [2.75, 3.05) is 13.1 Å². The second kappa shape index (κ2) is 6.65. The molecule has 0 saturated carbocycles. The molecule has 24 heavy (non-hydrogen) atoms. The van der Waals surface area contributed by atoms with Gasteiger partial charge in [0.15, 0.2) is 11.5 Å². The maximum absolute atomic E-state index is 12.4. The summed E-state index contributed by atoms with van der Waals surface area (Å²) in [4.78, 5) is 20.0. The maximum Gasteiger partial charge on any atom is 0.317 e. The number of thiophene rings is 1. The van der Waals surface area contributed by atoms with Crippen LogP contribution in [0.2, 0.25) is 0 Å². The van der Waals surface area contributed by atoms with E-state index in [0.717, 1.165) is 41.3 Å². The van der Waals surface area contributed by atoms with Crippen molar-refractivity contribution in [3.8, 4) is 0 Å².